The van der Waals surface area contributed by atoms with E-state index in [4.69, 9.17) is 23.2 Å². The number of benzene rings is 1. The van der Waals surface area contributed by atoms with Crippen LogP contribution in [-0.2, 0) is 11.0 Å². The molecule has 1 fully saturated rings. The fourth-order valence-corrected chi connectivity index (χ4v) is 3.37. The Kier molecular flexibility index (Phi) is 3.58. The summed E-state index contributed by atoms with van der Waals surface area (Å²) < 4.78 is 50.4. The Morgan fingerprint density at radius 2 is 1.85 bits per heavy atom. The minimum Gasteiger partial charge on any atom is -0.300 e. The topological polar surface area (TPSA) is 17.1 Å². The van der Waals surface area contributed by atoms with Gasteiger partial charge in [-0.15, -0.1) is 23.2 Å². The normalized spacial score (nSPS) is 24.6. The second-order valence-corrected chi connectivity index (χ2v) is 6.38. The van der Waals surface area contributed by atoms with Crippen LogP contribution in [0.25, 0.3) is 0 Å². The predicted molar refractivity (Wildman–Crippen MR) is 67.5 cm³/mol. The van der Waals surface area contributed by atoms with Crippen LogP contribution in [0, 0.1) is 18.7 Å². The van der Waals surface area contributed by atoms with E-state index in [9.17, 15) is 22.4 Å². The fraction of sp³-hybridized carbons (Fsp3) is 0.462. The Balaban J connectivity index is 2.51. The van der Waals surface area contributed by atoms with E-state index in [1.807, 2.05) is 0 Å². The standard InChI is InChI=1S/C13H10Cl2F4O/c1-5-3-7(4-8(11(5)16)13(17,18)19)10-9(6(2)20)12(10,14)15/h3-4,9-10H,1-2H3. The van der Waals surface area contributed by atoms with Crippen molar-refractivity contribution in [2.75, 3.05) is 0 Å². The van der Waals surface area contributed by atoms with Gasteiger partial charge in [-0.05, 0) is 31.0 Å². The number of hydrogen-bond donors (Lipinski definition) is 0. The van der Waals surface area contributed by atoms with Crippen LogP contribution in [0.2, 0.25) is 0 Å². The third kappa shape index (κ3) is 2.42. The first-order valence-corrected chi connectivity index (χ1v) is 6.49. The zero-order chi connectivity index (χ0) is 15.5. The minimum atomic E-state index is -4.81. The number of aryl methyl sites for hydroxylation is 1. The highest BCUT2D eigenvalue weighted by molar-refractivity contribution is 6.53. The maximum absolute atomic E-state index is 13.6. The summed E-state index contributed by atoms with van der Waals surface area (Å²) in [4.78, 5) is 11.4. The molecule has 1 saturated carbocycles. The second kappa shape index (κ2) is 4.60. The number of Topliss-reactive ketones (excluding diaryl/α,β-unsaturated/α-hetero) is 1. The van der Waals surface area contributed by atoms with Crippen molar-refractivity contribution in [2.45, 2.75) is 30.3 Å². The van der Waals surface area contributed by atoms with E-state index in [0.29, 0.717) is 6.07 Å². The summed E-state index contributed by atoms with van der Waals surface area (Å²) in [5, 5.41) is 0. The second-order valence-electron chi connectivity index (χ2n) is 4.94. The molecule has 1 aromatic rings. The molecule has 0 aliphatic heterocycles. The Hall–Kier alpha value is -0.810. The molecule has 2 rings (SSSR count). The summed E-state index contributed by atoms with van der Waals surface area (Å²) in [7, 11) is 0. The summed E-state index contributed by atoms with van der Waals surface area (Å²) >= 11 is 11.9. The summed E-state index contributed by atoms with van der Waals surface area (Å²) in [5.41, 5.74) is -1.40. The zero-order valence-corrected chi connectivity index (χ0v) is 12.0. The molecule has 0 amide bonds. The molecule has 0 spiro atoms. The average Bonchev–Trinajstić information content (AvgIpc) is 2.84. The van der Waals surface area contributed by atoms with E-state index < -0.39 is 33.7 Å². The van der Waals surface area contributed by atoms with Gasteiger partial charge in [0.05, 0.1) is 11.5 Å². The first-order valence-electron chi connectivity index (χ1n) is 5.73. The highest BCUT2D eigenvalue weighted by Gasteiger charge is 2.66. The number of carbonyl (C=O) groups is 1. The molecule has 2 atom stereocenters. The van der Waals surface area contributed by atoms with Crippen molar-refractivity contribution in [3.8, 4) is 0 Å². The Labute approximate surface area is 122 Å². The Morgan fingerprint density at radius 1 is 1.30 bits per heavy atom. The SMILES string of the molecule is CC(=O)C1C(c2cc(C)c(F)c(C(F)(F)F)c2)C1(Cl)Cl. The van der Waals surface area contributed by atoms with E-state index in [-0.39, 0.29) is 16.9 Å². The van der Waals surface area contributed by atoms with Crippen LogP contribution in [0.3, 0.4) is 0 Å². The molecule has 1 aromatic carbocycles. The zero-order valence-electron chi connectivity index (χ0n) is 10.5. The molecule has 0 N–H and O–H groups in total. The molecule has 0 heterocycles. The Bertz CT molecular complexity index is 580. The molecule has 2 unspecified atom stereocenters. The number of carbonyl (C=O) groups excluding carboxylic acids is 1. The van der Waals surface area contributed by atoms with Crippen molar-refractivity contribution in [1.29, 1.82) is 0 Å². The first kappa shape index (κ1) is 15.6. The molecule has 0 saturated heterocycles. The van der Waals surface area contributed by atoms with Gasteiger partial charge in [0.15, 0.2) is 0 Å². The summed E-state index contributed by atoms with van der Waals surface area (Å²) in [5.74, 6) is -3.15. The molecule has 110 valence electrons. The molecule has 0 aromatic heterocycles. The molecule has 20 heavy (non-hydrogen) atoms. The first-order chi connectivity index (χ1) is 8.98. The van der Waals surface area contributed by atoms with Crippen molar-refractivity contribution < 1.29 is 22.4 Å². The van der Waals surface area contributed by atoms with Gasteiger partial charge < -0.3 is 0 Å². The van der Waals surface area contributed by atoms with E-state index in [1.165, 1.54) is 19.9 Å². The third-order valence-electron chi connectivity index (χ3n) is 3.43. The van der Waals surface area contributed by atoms with Crippen LogP contribution in [-0.4, -0.2) is 10.1 Å². The van der Waals surface area contributed by atoms with Gasteiger partial charge in [-0.1, -0.05) is 6.07 Å². The van der Waals surface area contributed by atoms with E-state index >= 15 is 0 Å². The lowest BCUT2D eigenvalue weighted by molar-refractivity contribution is -0.140. The minimum absolute atomic E-state index is 0.126. The third-order valence-corrected chi connectivity index (χ3v) is 4.37. The van der Waals surface area contributed by atoms with Crippen molar-refractivity contribution in [1.82, 2.24) is 0 Å². The highest BCUT2D eigenvalue weighted by atomic mass is 35.5. The maximum Gasteiger partial charge on any atom is 0.419 e. The number of ketones is 1. The van der Waals surface area contributed by atoms with Gasteiger partial charge in [0.1, 0.15) is 15.9 Å². The lowest BCUT2D eigenvalue weighted by atomic mass is 10.0. The van der Waals surface area contributed by atoms with Crippen LogP contribution in [0.5, 0.6) is 0 Å². The van der Waals surface area contributed by atoms with Crippen LogP contribution >= 0.6 is 23.2 Å². The van der Waals surface area contributed by atoms with Gasteiger partial charge in [-0.2, -0.15) is 13.2 Å². The summed E-state index contributed by atoms with van der Waals surface area (Å²) in [6, 6.07) is 1.92. The van der Waals surface area contributed by atoms with Gasteiger partial charge in [-0.3, -0.25) is 4.79 Å². The van der Waals surface area contributed by atoms with Crippen molar-refractivity contribution >= 4 is 29.0 Å². The molecule has 1 aliphatic rings. The lowest BCUT2D eigenvalue weighted by Gasteiger charge is -2.12. The quantitative estimate of drug-likeness (QED) is 0.571. The number of hydrogen-bond acceptors (Lipinski definition) is 1. The van der Waals surface area contributed by atoms with Gasteiger partial charge in [0, 0.05) is 5.92 Å². The smallest absolute Gasteiger partial charge is 0.300 e. The molecular formula is C13H10Cl2F4O. The van der Waals surface area contributed by atoms with Crippen LogP contribution in [0.4, 0.5) is 17.6 Å². The predicted octanol–water partition coefficient (Wildman–Crippen LogP) is 4.63. The summed E-state index contributed by atoms with van der Waals surface area (Å²) in [6.45, 7) is 2.49. The fourth-order valence-electron chi connectivity index (χ4n) is 2.43. The maximum atomic E-state index is 13.6. The van der Waals surface area contributed by atoms with Gasteiger partial charge in [-0.25, -0.2) is 4.39 Å². The number of rotatable bonds is 2. The molecule has 1 nitrogen and oxygen atoms in total. The van der Waals surface area contributed by atoms with E-state index in [1.54, 1.807) is 0 Å². The van der Waals surface area contributed by atoms with Crippen LogP contribution in [0.1, 0.15) is 29.5 Å². The molecule has 7 heteroatoms. The lowest BCUT2D eigenvalue weighted by Crippen LogP contribution is -2.10. The average molecular weight is 329 g/mol. The highest BCUT2D eigenvalue weighted by Crippen LogP contribution is 2.65. The molecule has 0 bridgehead atoms. The van der Waals surface area contributed by atoms with Crippen molar-refractivity contribution in [3.63, 3.8) is 0 Å². The number of alkyl halides is 5. The van der Waals surface area contributed by atoms with Crippen LogP contribution < -0.4 is 0 Å². The largest absolute Gasteiger partial charge is 0.419 e. The van der Waals surface area contributed by atoms with Gasteiger partial charge in [0.2, 0.25) is 0 Å². The van der Waals surface area contributed by atoms with Gasteiger partial charge in [0.25, 0.3) is 0 Å². The van der Waals surface area contributed by atoms with E-state index in [0.717, 1.165) is 0 Å². The van der Waals surface area contributed by atoms with Crippen molar-refractivity contribution in [3.05, 3.63) is 34.6 Å². The molecule has 1 aliphatic carbocycles. The number of halogens is 6. The van der Waals surface area contributed by atoms with E-state index in [2.05, 4.69) is 0 Å². The molecule has 0 radical (unpaired) electrons. The van der Waals surface area contributed by atoms with Crippen molar-refractivity contribution in [2.24, 2.45) is 5.92 Å². The van der Waals surface area contributed by atoms with Gasteiger partial charge >= 0.3 is 6.18 Å². The summed E-state index contributed by atoms with van der Waals surface area (Å²) in [6.07, 6.45) is -4.81. The monoisotopic (exact) mass is 328 g/mol. The molecular weight excluding hydrogens is 319 g/mol. The Morgan fingerprint density at radius 3 is 2.25 bits per heavy atom. The van der Waals surface area contributed by atoms with Crippen LogP contribution in [0.15, 0.2) is 12.1 Å².